The van der Waals surface area contributed by atoms with E-state index in [1.807, 2.05) is 0 Å². The fourth-order valence-electron chi connectivity index (χ4n) is 4.25. The topological polar surface area (TPSA) is 304 Å². The standard InChI is InChI=1S/2C13H9N3O5.C6H12N2.Pt/c2*17-12-7-9(4-5-11(12)13(18)19)15-14-8-2-1-3-10(6-8)16(20)21;7-5-3-1-2-4-6(5)8;/h2*1-7,17H,(H,18,19);5-8H,1-4H2;/q;;-2;+4/p+2. The average Bonchev–Trinajstić information content (AvgIpc) is 3.08. The zero-order chi connectivity index (χ0) is 36.8. The smallest absolute Gasteiger partial charge is 0.676 e. The quantitative estimate of drug-likeness (QED) is 0.0768. The molecule has 4 aromatic carbocycles. The number of rotatable bonds is 8. The Hall–Kier alpha value is -5.97. The molecule has 4 aromatic rings. The Morgan fingerprint density at radius 1 is 0.627 bits per heavy atom. The van der Waals surface area contributed by atoms with Crippen molar-refractivity contribution in [2.45, 2.75) is 37.8 Å². The molecule has 51 heavy (non-hydrogen) atoms. The Bertz CT molecular complexity index is 1790. The molecule has 0 radical (unpaired) electrons. The van der Waals surface area contributed by atoms with Crippen molar-refractivity contribution in [2.75, 3.05) is 0 Å². The number of nitro groups is 2. The largest absolute Gasteiger partial charge is 4.00 e. The van der Waals surface area contributed by atoms with Gasteiger partial charge in [0.1, 0.15) is 11.5 Å². The van der Waals surface area contributed by atoms with Crippen LogP contribution in [0.15, 0.2) is 105 Å². The van der Waals surface area contributed by atoms with Gasteiger partial charge in [-0.3, -0.25) is 20.2 Å². The Labute approximate surface area is 303 Å². The normalized spacial score (nSPS) is 15.0. The molecule has 1 aliphatic rings. The summed E-state index contributed by atoms with van der Waals surface area (Å²) in [5, 5.41) is 69.4. The van der Waals surface area contributed by atoms with E-state index >= 15 is 0 Å². The van der Waals surface area contributed by atoms with Crippen LogP contribution in [0, 0.1) is 20.2 Å². The van der Waals surface area contributed by atoms with E-state index in [0.29, 0.717) is 0 Å². The number of non-ortho nitro benzene ring substituents is 2. The molecule has 0 amide bonds. The molecule has 18 nitrogen and oxygen atoms in total. The van der Waals surface area contributed by atoms with Crippen LogP contribution in [-0.2, 0) is 21.1 Å². The molecule has 2 atom stereocenters. The van der Waals surface area contributed by atoms with Gasteiger partial charge in [-0.05, 0) is 36.4 Å². The minimum Gasteiger partial charge on any atom is -0.676 e. The molecule has 0 saturated heterocycles. The molecule has 8 N–H and O–H groups in total. The zero-order valence-corrected chi connectivity index (χ0v) is 28.7. The predicted molar refractivity (Wildman–Crippen MR) is 181 cm³/mol. The summed E-state index contributed by atoms with van der Waals surface area (Å²) >= 11 is 0. The summed E-state index contributed by atoms with van der Waals surface area (Å²) in [6, 6.07) is 18.7. The number of hydrogen-bond acceptors (Lipinski definition) is 12. The first-order valence-corrected chi connectivity index (χ1v) is 14.7. The third-order valence-electron chi connectivity index (χ3n) is 6.86. The molecule has 5 rings (SSSR count). The van der Waals surface area contributed by atoms with E-state index in [0.717, 1.165) is 12.8 Å². The number of nitrogens with one attached hydrogen (secondary N) is 2. The molecule has 1 fully saturated rings. The van der Waals surface area contributed by atoms with Crippen LogP contribution >= 0.6 is 0 Å². The molecular formula is C32H32N8O10Pt+4. The van der Waals surface area contributed by atoms with Crippen molar-refractivity contribution in [2.24, 2.45) is 20.5 Å². The van der Waals surface area contributed by atoms with Gasteiger partial charge < -0.3 is 31.9 Å². The molecule has 0 bridgehead atoms. The van der Waals surface area contributed by atoms with Crippen molar-refractivity contribution >= 4 is 46.1 Å². The maximum absolute atomic E-state index is 10.8. The fraction of sp³-hybridized carbons (Fsp3) is 0.188. The summed E-state index contributed by atoms with van der Waals surface area (Å²) in [7, 11) is 0. The minimum absolute atomic E-state index is 0. The monoisotopic (exact) mass is 883 g/mol. The van der Waals surface area contributed by atoms with Gasteiger partial charge >= 0.3 is 33.0 Å². The van der Waals surface area contributed by atoms with Crippen LogP contribution in [-0.4, -0.2) is 54.3 Å². The zero-order valence-electron chi connectivity index (χ0n) is 26.4. The van der Waals surface area contributed by atoms with Gasteiger partial charge in [-0.25, -0.2) is 0 Å². The molecule has 2 unspecified atom stereocenters. The molecule has 19 heteroatoms. The number of aromatic hydroxyl groups is 2. The minimum atomic E-state index is -1.00. The van der Waals surface area contributed by atoms with Crippen LogP contribution in [0.5, 0.6) is 11.5 Å². The second-order valence-electron chi connectivity index (χ2n) is 10.5. The van der Waals surface area contributed by atoms with Gasteiger partial charge in [-0.15, -0.1) is 0 Å². The van der Waals surface area contributed by atoms with E-state index in [9.17, 15) is 40.0 Å². The summed E-state index contributed by atoms with van der Waals surface area (Å²) in [6.07, 6.45) is 4.25. The van der Waals surface area contributed by atoms with Crippen molar-refractivity contribution < 1.29 is 60.9 Å². The summed E-state index contributed by atoms with van der Waals surface area (Å²) in [5.74, 6) is -2.75. The Morgan fingerprint density at radius 3 is 1.24 bits per heavy atom. The predicted octanol–water partition coefficient (Wildman–Crippen LogP) is 7.56. The molecule has 1 saturated carbocycles. The first-order chi connectivity index (χ1) is 23.7. The summed E-state index contributed by atoms with van der Waals surface area (Å²) in [6.45, 7) is 0. The van der Waals surface area contributed by atoms with Crippen LogP contribution in [0.2, 0.25) is 0 Å². The van der Waals surface area contributed by atoms with Crippen LogP contribution in [0.25, 0.3) is 11.5 Å². The van der Waals surface area contributed by atoms with Gasteiger partial charge in [0.25, 0.3) is 11.4 Å². The van der Waals surface area contributed by atoms with Crippen LogP contribution in [0.4, 0.5) is 34.1 Å². The van der Waals surface area contributed by atoms with Crippen LogP contribution < -0.4 is 0 Å². The number of phenols is 2. The maximum Gasteiger partial charge on any atom is 4.00 e. The number of carbonyl (C=O) groups excluding carboxylic acids is 2. The van der Waals surface area contributed by atoms with E-state index < -0.39 is 21.8 Å². The van der Waals surface area contributed by atoms with Crippen molar-refractivity contribution in [3.05, 3.63) is 128 Å². The first kappa shape index (κ1) is 41.2. The van der Waals surface area contributed by atoms with E-state index in [4.69, 9.17) is 21.7 Å². The van der Waals surface area contributed by atoms with E-state index in [1.54, 1.807) is 0 Å². The number of nitro benzene ring substituents is 2. The summed E-state index contributed by atoms with van der Waals surface area (Å²) in [5.41, 5.74) is 15.2. The van der Waals surface area contributed by atoms with Crippen molar-refractivity contribution in [1.29, 1.82) is 0 Å². The van der Waals surface area contributed by atoms with Crippen molar-refractivity contribution in [3.8, 4) is 11.5 Å². The Morgan fingerprint density at radius 2 is 0.961 bits per heavy atom. The Balaban J connectivity index is 0.000000286. The van der Waals surface area contributed by atoms with Gasteiger partial charge in [-0.1, -0.05) is 37.8 Å². The van der Waals surface area contributed by atoms with E-state index in [-0.39, 0.29) is 89.9 Å². The van der Waals surface area contributed by atoms with Crippen LogP contribution in [0.3, 0.4) is 0 Å². The SMILES string of the molecule is O=C([OH2+])c1ccc(N=Nc2cccc([N+](=O)[O-])c2)cc1O.O=C([OH2+])c1ccc(N=Nc2cccc([N+](=O)[O-])c2)cc1O.[NH-]C1CCCCC1[NH-].[Pt+4]. The van der Waals surface area contributed by atoms with Crippen molar-refractivity contribution in [3.63, 3.8) is 0 Å². The number of azo groups is 2. The summed E-state index contributed by atoms with van der Waals surface area (Å²) in [4.78, 5) is 41.9. The first-order valence-electron chi connectivity index (χ1n) is 14.7. The van der Waals surface area contributed by atoms with Gasteiger partial charge in [0.2, 0.25) is 0 Å². The van der Waals surface area contributed by atoms with Crippen LogP contribution in [0.1, 0.15) is 46.4 Å². The molecular weight excluding hydrogens is 851 g/mol. The maximum atomic E-state index is 10.8. The third-order valence-corrected chi connectivity index (χ3v) is 6.86. The molecule has 0 heterocycles. The number of nitrogens with zero attached hydrogens (tertiary/aromatic N) is 6. The van der Waals surface area contributed by atoms with Gasteiger partial charge in [-0.2, -0.15) is 32.5 Å². The molecule has 0 aromatic heterocycles. The second kappa shape index (κ2) is 19.9. The second-order valence-corrected chi connectivity index (χ2v) is 10.5. The van der Waals surface area contributed by atoms with Crippen molar-refractivity contribution in [1.82, 2.24) is 0 Å². The van der Waals surface area contributed by atoms with Gasteiger partial charge in [0.05, 0.1) is 32.6 Å². The van der Waals surface area contributed by atoms with E-state index in [2.05, 4.69) is 20.5 Å². The third kappa shape index (κ3) is 13.1. The number of phenolic OH excluding ortho intramolecular Hbond substituents is 2. The molecule has 266 valence electrons. The molecule has 1 aliphatic carbocycles. The number of hydrogen-bond donors (Lipinski definition) is 2. The molecule has 0 aliphatic heterocycles. The fourth-order valence-corrected chi connectivity index (χ4v) is 4.25. The Kier molecular flexibility index (Phi) is 16.1. The van der Waals surface area contributed by atoms with Gasteiger partial charge in [0, 0.05) is 46.0 Å². The molecule has 0 spiro atoms. The number of benzene rings is 4. The van der Waals surface area contributed by atoms with E-state index in [1.165, 1.54) is 97.8 Å². The average molecular weight is 884 g/mol. The van der Waals surface area contributed by atoms with Gasteiger partial charge in [0.15, 0.2) is 11.1 Å². The summed E-state index contributed by atoms with van der Waals surface area (Å²) < 4.78 is 0. The number of carbonyl (C=O) groups is 2.